The summed E-state index contributed by atoms with van der Waals surface area (Å²) in [6.07, 6.45) is 2.62. The summed E-state index contributed by atoms with van der Waals surface area (Å²) in [5.74, 6) is -0.464. The van der Waals surface area contributed by atoms with Crippen molar-refractivity contribution < 1.29 is 14.7 Å². The van der Waals surface area contributed by atoms with Gasteiger partial charge in [-0.15, -0.1) is 0 Å². The van der Waals surface area contributed by atoms with E-state index in [0.29, 0.717) is 12.1 Å². The fraction of sp³-hybridized carbons (Fsp3) is 0.360. The largest absolute Gasteiger partial charge is 0.507 e. The summed E-state index contributed by atoms with van der Waals surface area (Å²) in [7, 11) is 0. The first-order valence-corrected chi connectivity index (χ1v) is 10.0. The zero-order valence-electron chi connectivity index (χ0n) is 17.8. The SMILES string of the molecule is C/C(=C\c1cc(C(C)(C)C)ccc1O)CC1CC(=O)N(c2ccc(C)cc2)C1=O. The first kappa shape index (κ1) is 20.8. The van der Waals surface area contributed by atoms with E-state index < -0.39 is 0 Å². The van der Waals surface area contributed by atoms with Crippen LogP contribution in [-0.4, -0.2) is 16.9 Å². The quantitative estimate of drug-likeness (QED) is 0.713. The van der Waals surface area contributed by atoms with Crippen LogP contribution in [0, 0.1) is 12.8 Å². The minimum Gasteiger partial charge on any atom is -0.507 e. The van der Waals surface area contributed by atoms with Gasteiger partial charge in [-0.1, -0.05) is 56.2 Å². The molecule has 4 heteroatoms. The summed E-state index contributed by atoms with van der Waals surface area (Å²) >= 11 is 0. The van der Waals surface area contributed by atoms with Crippen molar-refractivity contribution in [2.75, 3.05) is 4.90 Å². The third-order valence-corrected chi connectivity index (χ3v) is 5.40. The standard InChI is InChI=1S/C25H29NO3/c1-16-6-9-21(10-7-16)26-23(28)15-19(24(26)29)13-17(2)12-18-14-20(25(3,4)5)8-11-22(18)27/h6-12,14,19,27H,13,15H2,1-5H3/b17-12+. The maximum Gasteiger partial charge on any atom is 0.237 e. The number of imide groups is 1. The van der Waals surface area contributed by atoms with Gasteiger partial charge in [0.1, 0.15) is 5.75 Å². The van der Waals surface area contributed by atoms with Gasteiger partial charge in [-0.3, -0.25) is 14.5 Å². The van der Waals surface area contributed by atoms with Gasteiger partial charge in [-0.25, -0.2) is 0 Å². The van der Waals surface area contributed by atoms with E-state index in [1.54, 1.807) is 6.07 Å². The summed E-state index contributed by atoms with van der Waals surface area (Å²) in [5, 5.41) is 10.2. The highest BCUT2D eigenvalue weighted by Gasteiger charge is 2.39. The lowest BCUT2D eigenvalue weighted by atomic mass is 9.85. The molecular weight excluding hydrogens is 362 g/mol. The molecule has 0 bridgehead atoms. The van der Waals surface area contributed by atoms with Crippen molar-refractivity contribution in [1.29, 1.82) is 0 Å². The number of hydrogen-bond donors (Lipinski definition) is 1. The summed E-state index contributed by atoms with van der Waals surface area (Å²) in [5.41, 5.74) is 4.52. The molecule has 1 atom stereocenters. The highest BCUT2D eigenvalue weighted by molar-refractivity contribution is 6.21. The van der Waals surface area contributed by atoms with E-state index in [2.05, 4.69) is 20.8 Å². The number of nitrogens with zero attached hydrogens (tertiary/aromatic N) is 1. The van der Waals surface area contributed by atoms with Crippen LogP contribution >= 0.6 is 0 Å². The topological polar surface area (TPSA) is 57.6 Å². The number of carbonyl (C=O) groups is 2. The Hall–Kier alpha value is -2.88. The van der Waals surface area contributed by atoms with Gasteiger partial charge in [-0.2, -0.15) is 0 Å². The number of carbonyl (C=O) groups excluding carboxylic acids is 2. The van der Waals surface area contributed by atoms with Gasteiger partial charge >= 0.3 is 0 Å². The first-order valence-electron chi connectivity index (χ1n) is 10.0. The van der Waals surface area contributed by atoms with Crippen molar-refractivity contribution in [2.24, 2.45) is 5.92 Å². The molecule has 29 heavy (non-hydrogen) atoms. The number of aromatic hydroxyl groups is 1. The Bertz CT molecular complexity index is 965. The van der Waals surface area contributed by atoms with Gasteiger partial charge in [0.05, 0.1) is 11.6 Å². The minimum absolute atomic E-state index is 0.0213. The predicted octanol–water partition coefficient (Wildman–Crippen LogP) is 5.37. The lowest BCUT2D eigenvalue weighted by Crippen LogP contribution is -2.30. The van der Waals surface area contributed by atoms with E-state index in [0.717, 1.165) is 22.3 Å². The molecule has 1 aliphatic rings. The Kier molecular flexibility index (Phi) is 5.65. The van der Waals surface area contributed by atoms with E-state index >= 15 is 0 Å². The third kappa shape index (κ3) is 4.58. The molecule has 1 aliphatic heterocycles. The highest BCUT2D eigenvalue weighted by atomic mass is 16.3. The average Bonchev–Trinajstić information content (AvgIpc) is 2.90. The highest BCUT2D eigenvalue weighted by Crippen LogP contribution is 2.33. The third-order valence-electron chi connectivity index (χ3n) is 5.40. The zero-order chi connectivity index (χ0) is 21.3. The molecule has 4 nitrogen and oxygen atoms in total. The van der Waals surface area contributed by atoms with E-state index in [4.69, 9.17) is 0 Å². The van der Waals surface area contributed by atoms with E-state index in [1.165, 1.54) is 4.90 Å². The number of rotatable bonds is 4. The molecule has 0 radical (unpaired) electrons. The smallest absolute Gasteiger partial charge is 0.237 e. The lowest BCUT2D eigenvalue weighted by Gasteiger charge is -2.20. The van der Waals surface area contributed by atoms with Crippen LogP contribution in [0.15, 0.2) is 48.0 Å². The van der Waals surface area contributed by atoms with Crippen molar-refractivity contribution in [3.05, 3.63) is 64.7 Å². The van der Waals surface area contributed by atoms with Crippen LogP contribution in [0.3, 0.4) is 0 Å². The second-order valence-electron chi connectivity index (χ2n) is 9.02. The maximum absolute atomic E-state index is 12.9. The Balaban J connectivity index is 1.79. The summed E-state index contributed by atoms with van der Waals surface area (Å²) in [6, 6.07) is 13.1. The van der Waals surface area contributed by atoms with Gasteiger partial charge < -0.3 is 5.11 Å². The first-order chi connectivity index (χ1) is 13.6. The molecule has 0 aromatic heterocycles. The lowest BCUT2D eigenvalue weighted by molar-refractivity contribution is -0.122. The molecule has 0 spiro atoms. The molecule has 1 heterocycles. The van der Waals surface area contributed by atoms with Crippen LogP contribution in [0.5, 0.6) is 5.75 Å². The number of hydrogen-bond acceptors (Lipinski definition) is 3. The van der Waals surface area contributed by atoms with Crippen LogP contribution < -0.4 is 4.90 Å². The van der Waals surface area contributed by atoms with Gasteiger partial charge in [-0.05, 0) is 55.5 Å². The van der Waals surface area contributed by atoms with Crippen molar-refractivity contribution in [3.8, 4) is 5.75 Å². The zero-order valence-corrected chi connectivity index (χ0v) is 17.8. The predicted molar refractivity (Wildman–Crippen MR) is 117 cm³/mol. The van der Waals surface area contributed by atoms with E-state index in [9.17, 15) is 14.7 Å². The Labute approximate surface area is 172 Å². The maximum atomic E-state index is 12.9. The van der Waals surface area contributed by atoms with E-state index in [1.807, 2.05) is 56.3 Å². The molecule has 1 unspecified atom stereocenters. The molecule has 1 fully saturated rings. The Morgan fingerprint density at radius 3 is 2.41 bits per heavy atom. The van der Waals surface area contributed by atoms with Crippen LogP contribution in [0.2, 0.25) is 0 Å². The summed E-state index contributed by atoms with van der Waals surface area (Å²) in [4.78, 5) is 26.6. The van der Waals surface area contributed by atoms with Crippen LogP contribution in [0.1, 0.15) is 57.2 Å². The summed E-state index contributed by atoms with van der Waals surface area (Å²) in [6.45, 7) is 10.3. The number of amides is 2. The number of phenols is 1. The molecule has 1 N–H and O–H groups in total. The molecule has 2 aromatic rings. The fourth-order valence-corrected chi connectivity index (χ4v) is 3.67. The van der Waals surface area contributed by atoms with Crippen molar-refractivity contribution in [1.82, 2.24) is 0 Å². The van der Waals surface area contributed by atoms with Gasteiger partial charge in [0.15, 0.2) is 0 Å². The number of benzene rings is 2. The second-order valence-corrected chi connectivity index (χ2v) is 9.02. The molecule has 2 aromatic carbocycles. The summed E-state index contributed by atoms with van der Waals surface area (Å²) < 4.78 is 0. The minimum atomic E-state index is -0.368. The van der Waals surface area contributed by atoms with Crippen molar-refractivity contribution >= 4 is 23.6 Å². The fourth-order valence-electron chi connectivity index (χ4n) is 3.67. The average molecular weight is 392 g/mol. The molecule has 3 rings (SSSR count). The number of allylic oxidation sites excluding steroid dienone is 1. The van der Waals surface area contributed by atoms with Crippen molar-refractivity contribution in [3.63, 3.8) is 0 Å². The molecule has 0 saturated carbocycles. The Morgan fingerprint density at radius 2 is 1.79 bits per heavy atom. The normalized spacial score (nSPS) is 17.9. The monoisotopic (exact) mass is 391 g/mol. The molecule has 0 aliphatic carbocycles. The van der Waals surface area contributed by atoms with Crippen LogP contribution in [0.4, 0.5) is 5.69 Å². The second kappa shape index (κ2) is 7.86. The van der Waals surface area contributed by atoms with E-state index in [-0.39, 0.29) is 35.3 Å². The van der Waals surface area contributed by atoms with Gasteiger partial charge in [0.2, 0.25) is 11.8 Å². The number of aryl methyl sites for hydroxylation is 1. The molecular formula is C25H29NO3. The van der Waals surface area contributed by atoms with Gasteiger partial charge in [0, 0.05) is 12.0 Å². The van der Waals surface area contributed by atoms with Gasteiger partial charge in [0.25, 0.3) is 0 Å². The van der Waals surface area contributed by atoms with Crippen LogP contribution in [0.25, 0.3) is 6.08 Å². The molecule has 2 amide bonds. The number of anilines is 1. The van der Waals surface area contributed by atoms with Crippen LogP contribution in [-0.2, 0) is 15.0 Å². The number of phenolic OH excluding ortho intramolecular Hbond substituents is 1. The van der Waals surface area contributed by atoms with Crippen molar-refractivity contribution in [2.45, 2.75) is 52.9 Å². The molecule has 152 valence electrons. The molecule has 1 saturated heterocycles. The Morgan fingerprint density at radius 1 is 1.14 bits per heavy atom.